The van der Waals surface area contributed by atoms with Gasteiger partial charge in [0.2, 0.25) is 11.8 Å². The van der Waals surface area contributed by atoms with Crippen LogP contribution in [0.25, 0.3) is 0 Å². The quantitative estimate of drug-likeness (QED) is 0.610. The van der Waals surface area contributed by atoms with Crippen molar-refractivity contribution >= 4 is 41.0 Å². The molecule has 1 aromatic heterocycles. The number of aromatic nitrogens is 1. The van der Waals surface area contributed by atoms with Crippen LogP contribution in [0.5, 0.6) is 0 Å². The maximum absolute atomic E-state index is 12.3. The van der Waals surface area contributed by atoms with Gasteiger partial charge in [-0.15, -0.1) is 11.8 Å². The van der Waals surface area contributed by atoms with E-state index in [2.05, 4.69) is 21.1 Å². The van der Waals surface area contributed by atoms with Gasteiger partial charge in [-0.05, 0) is 51.3 Å². The molecule has 3 rings (SSSR count). The van der Waals surface area contributed by atoms with Crippen LogP contribution in [0.3, 0.4) is 0 Å². The molecule has 9 heteroatoms. The first-order valence-corrected chi connectivity index (χ1v) is 10.4. The third kappa shape index (κ3) is 6.08. The molecule has 0 aliphatic heterocycles. The van der Waals surface area contributed by atoms with Crippen LogP contribution in [0.1, 0.15) is 41.4 Å². The Morgan fingerprint density at radius 3 is 2.62 bits per heavy atom. The summed E-state index contributed by atoms with van der Waals surface area (Å²) >= 11 is 1.21. The molecule has 1 atom stereocenters. The SMILES string of the molecule is Cc1cc(NC(=O)C(C)SCC(=O)Nc2cc(C(=O)NC3CC3)ccc2C)no1. The van der Waals surface area contributed by atoms with Gasteiger partial charge in [-0.2, -0.15) is 0 Å². The van der Waals surface area contributed by atoms with Gasteiger partial charge < -0.3 is 20.5 Å². The second-order valence-corrected chi connectivity index (χ2v) is 8.42. The molecule has 3 amide bonds. The average molecular weight is 417 g/mol. The highest BCUT2D eigenvalue weighted by Crippen LogP contribution is 2.22. The van der Waals surface area contributed by atoms with Crippen molar-refractivity contribution in [2.45, 2.75) is 44.9 Å². The Hall–Kier alpha value is -2.81. The number of amides is 3. The summed E-state index contributed by atoms with van der Waals surface area (Å²) in [6, 6.07) is 7.12. The number of rotatable bonds is 8. The topological polar surface area (TPSA) is 113 Å². The van der Waals surface area contributed by atoms with Gasteiger partial charge >= 0.3 is 0 Å². The van der Waals surface area contributed by atoms with Crippen molar-refractivity contribution < 1.29 is 18.9 Å². The Labute approximate surface area is 173 Å². The Balaban J connectivity index is 1.50. The van der Waals surface area contributed by atoms with Crippen LogP contribution in [0, 0.1) is 13.8 Å². The second-order valence-electron chi connectivity index (χ2n) is 7.09. The third-order valence-corrected chi connectivity index (χ3v) is 5.54. The van der Waals surface area contributed by atoms with Gasteiger partial charge in [0.05, 0.1) is 11.0 Å². The van der Waals surface area contributed by atoms with E-state index in [1.165, 1.54) is 11.8 Å². The number of anilines is 2. The molecule has 8 nitrogen and oxygen atoms in total. The fraction of sp³-hybridized carbons (Fsp3) is 0.400. The number of carbonyl (C=O) groups excluding carboxylic acids is 3. The number of aryl methyl sites for hydroxylation is 2. The van der Waals surface area contributed by atoms with Crippen LogP contribution in [0.15, 0.2) is 28.8 Å². The van der Waals surface area contributed by atoms with Gasteiger partial charge in [0.25, 0.3) is 5.91 Å². The number of hydrogen-bond donors (Lipinski definition) is 3. The first kappa shape index (κ1) is 20.9. The van der Waals surface area contributed by atoms with Crippen LogP contribution in [0.2, 0.25) is 0 Å². The maximum atomic E-state index is 12.3. The summed E-state index contributed by atoms with van der Waals surface area (Å²) in [6.45, 7) is 5.31. The van der Waals surface area contributed by atoms with Gasteiger partial charge in [-0.3, -0.25) is 14.4 Å². The van der Waals surface area contributed by atoms with Gasteiger partial charge in [0.15, 0.2) is 5.82 Å². The monoisotopic (exact) mass is 416 g/mol. The van der Waals surface area contributed by atoms with Gasteiger partial charge in [-0.1, -0.05) is 11.2 Å². The number of nitrogens with zero attached hydrogens (tertiary/aromatic N) is 1. The maximum Gasteiger partial charge on any atom is 0.251 e. The highest BCUT2D eigenvalue weighted by Gasteiger charge is 2.24. The molecule has 0 radical (unpaired) electrons. The minimum Gasteiger partial charge on any atom is -0.360 e. The molecule has 1 aliphatic rings. The molecule has 1 saturated carbocycles. The van der Waals surface area contributed by atoms with E-state index < -0.39 is 5.25 Å². The molecule has 0 bridgehead atoms. The first-order valence-electron chi connectivity index (χ1n) is 9.39. The number of carbonyl (C=O) groups is 3. The molecular weight excluding hydrogens is 392 g/mol. The van der Waals surface area contributed by atoms with Gasteiger partial charge in [0, 0.05) is 23.4 Å². The average Bonchev–Trinajstić information content (AvgIpc) is 3.40. The summed E-state index contributed by atoms with van der Waals surface area (Å²) in [5.41, 5.74) is 1.97. The largest absolute Gasteiger partial charge is 0.360 e. The smallest absolute Gasteiger partial charge is 0.251 e. The lowest BCUT2D eigenvalue weighted by Crippen LogP contribution is -2.26. The predicted molar refractivity (Wildman–Crippen MR) is 112 cm³/mol. The van der Waals surface area contributed by atoms with E-state index in [0.29, 0.717) is 22.8 Å². The van der Waals surface area contributed by atoms with Crippen LogP contribution < -0.4 is 16.0 Å². The van der Waals surface area contributed by atoms with Crippen molar-refractivity contribution in [1.29, 1.82) is 0 Å². The third-order valence-electron chi connectivity index (χ3n) is 4.40. The van der Waals surface area contributed by atoms with E-state index in [0.717, 1.165) is 18.4 Å². The zero-order valence-electron chi connectivity index (χ0n) is 16.6. The second kappa shape index (κ2) is 9.13. The van der Waals surface area contributed by atoms with Gasteiger partial charge in [-0.25, -0.2) is 0 Å². The molecule has 1 unspecified atom stereocenters. The highest BCUT2D eigenvalue weighted by molar-refractivity contribution is 8.01. The molecule has 0 saturated heterocycles. The highest BCUT2D eigenvalue weighted by atomic mass is 32.2. The van der Waals surface area contributed by atoms with Crippen molar-refractivity contribution in [3.63, 3.8) is 0 Å². The molecule has 29 heavy (non-hydrogen) atoms. The van der Waals surface area contributed by atoms with Crippen molar-refractivity contribution in [1.82, 2.24) is 10.5 Å². The zero-order chi connectivity index (χ0) is 21.0. The lowest BCUT2D eigenvalue weighted by molar-refractivity contribution is -0.115. The van der Waals surface area contributed by atoms with Crippen molar-refractivity contribution in [2.24, 2.45) is 0 Å². The van der Waals surface area contributed by atoms with E-state index in [9.17, 15) is 14.4 Å². The van der Waals surface area contributed by atoms with E-state index in [4.69, 9.17) is 4.52 Å². The predicted octanol–water partition coefficient (Wildman–Crippen LogP) is 2.88. The summed E-state index contributed by atoms with van der Waals surface area (Å²) in [5, 5.41) is 11.7. The Morgan fingerprint density at radius 1 is 1.21 bits per heavy atom. The summed E-state index contributed by atoms with van der Waals surface area (Å²) < 4.78 is 4.91. The fourth-order valence-electron chi connectivity index (χ4n) is 2.51. The van der Waals surface area contributed by atoms with E-state index in [1.54, 1.807) is 38.1 Å². The van der Waals surface area contributed by atoms with E-state index in [-0.39, 0.29) is 29.5 Å². The number of benzene rings is 1. The lowest BCUT2D eigenvalue weighted by atomic mass is 10.1. The minimum atomic E-state index is -0.450. The number of thioether (sulfide) groups is 1. The number of hydrogen-bond acceptors (Lipinski definition) is 6. The van der Waals surface area contributed by atoms with Gasteiger partial charge in [0.1, 0.15) is 5.76 Å². The number of nitrogens with one attached hydrogen (secondary N) is 3. The normalized spacial score (nSPS) is 14.2. The zero-order valence-corrected chi connectivity index (χ0v) is 17.4. The summed E-state index contributed by atoms with van der Waals surface area (Å²) in [5.74, 6) is 0.418. The molecule has 154 valence electrons. The van der Waals surface area contributed by atoms with Crippen molar-refractivity contribution in [3.8, 4) is 0 Å². The Morgan fingerprint density at radius 2 is 1.97 bits per heavy atom. The molecule has 3 N–H and O–H groups in total. The lowest BCUT2D eigenvalue weighted by Gasteiger charge is -2.13. The van der Waals surface area contributed by atoms with Crippen molar-refractivity contribution in [2.75, 3.05) is 16.4 Å². The molecule has 1 fully saturated rings. The molecule has 1 aliphatic carbocycles. The van der Waals surface area contributed by atoms with Crippen LogP contribution in [-0.4, -0.2) is 39.9 Å². The van der Waals surface area contributed by atoms with Crippen LogP contribution >= 0.6 is 11.8 Å². The Bertz CT molecular complexity index is 923. The van der Waals surface area contributed by atoms with Crippen LogP contribution in [0.4, 0.5) is 11.5 Å². The van der Waals surface area contributed by atoms with Crippen LogP contribution in [-0.2, 0) is 9.59 Å². The molecular formula is C20H24N4O4S. The molecule has 1 heterocycles. The van der Waals surface area contributed by atoms with Crippen molar-refractivity contribution in [3.05, 3.63) is 41.2 Å². The van der Waals surface area contributed by atoms with E-state index >= 15 is 0 Å². The summed E-state index contributed by atoms with van der Waals surface area (Å²) in [7, 11) is 0. The summed E-state index contributed by atoms with van der Waals surface area (Å²) in [4.78, 5) is 36.7. The minimum absolute atomic E-state index is 0.102. The standard InChI is InChI=1S/C20H24N4O4S/c1-11-4-5-14(20(27)21-15-6-7-15)9-16(11)22-18(25)10-29-13(3)19(26)23-17-8-12(2)28-24-17/h4-5,8-9,13,15H,6-7,10H2,1-3H3,(H,21,27)(H,22,25)(H,23,24,26). The van der Waals surface area contributed by atoms with E-state index in [1.807, 2.05) is 6.92 Å². The molecule has 1 aromatic carbocycles. The summed E-state index contributed by atoms with van der Waals surface area (Å²) in [6.07, 6.45) is 2.03. The first-order chi connectivity index (χ1) is 13.8. The molecule has 0 spiro atoms. The molecule has 2 aromatic rings. The fourth-order valence-corrected chi connectivity index (χ4v) is 3.19. The Kier molecular flexibility index (Phi) is 6.58.